The van der Waals surface area contributed by atoms with E-state index < -0.39 is 0 Å². The monoisotopic (exact) mass is 560 g/mol. The number of pyridine rings is 1. The van der Waals surface area contributed by atoms with Crippen molar-refractivity contribution >= 4 is 45.3 Å². The molecular weight excluding hydrogens is 532 g/mol. The first-order chi connectivity index (χ1) is 19.5. The van der Waals surface area contributed by atoms with Gasteiger partial charge in [0.1, 0.15) is 28.9 Å². The predicted molar refractivity (Wildman–Crippen MR) is 155 cm³/mol. The molecule has 1 fully saturated rings. The lowest BCUT2D eigenvalue weighted by molar-refractivity contribution is 0.180. The molecule has 3 aromatic carbocycles. The highest BCUT2D eigenvalue weighted by Crippen LogP contribution is 2.38. The third kappa shape index (κ3) is 5.30. The first-order valence-electron chi connectivity index (χ1n) is 13.1. The number of halogens is 1. The van der Waals surface area contributed by atoms with E-state index in [1.54, 1.807) is 32.5 Å². The molecule has 0 amide bonds. The molecule has 0 radical (unpaired) electrons. The molecule has 1 aliphatic rings. The summed E-state index contributed by atoms with van der Waals surface area (Å²) < 4.78 is 29.2. The van der Waals surface area contributed by atoms with Gasteiger partial charge in [0.25, 0.3) is 6.01 Å². The SMILES string of the molecule is COc1cc2nccc(Oc3ccc4oc(Nc5ccc(Cl)c(OC(C)C6CCCN6)c5)nc4c3)c2cc1OC. The fourth-order valence-corrected chi connectivity index (χ4v) is 5.04. The van der Waals surface area contributed by atoms with Gasteiger partial charge in [-0.05, 0) is 62.7 Å². The van der Waals surface area contributed by atoms with Crippen molar-refractivity contribution in [2.75, 3.05) is 26.1 Å². The van der Waals surface area contributed by atoms with Gasteiger partial charge in [0.2, 0.25) is 0 Å². The largest absolute Gasteiger partial charge is 0.493 e. The second-order valence-corrected chi connectivity index (χ2v) is 9.99. The van der Waals surface area contributed by atoms with Crippen LogP contribution >= 0.6 is 11.6 Å². The molecule has 2 atom stereocenters. The standard InChI is InChI=1S/C30H29ClN4O5/c1-17(22-5-4-11-32-22)38-27-13-18(6-8-21(27)31)34-30-35-24-14-19(7-9-26(24)40-30)39-25-10-12-33-23-16-29(37-3)28(36-2)15-20(23)25/h6-10,12-17,22,32H,4-5,11H2,1-3H3,(H,34,35). The van der Waals surface area contributed by atoms with Gasteiger partial charge in [0.15, 0.2) is 17.1 Å². The summed E-state index contributed by atoms with van der Waals surface area (Å²) in [6.45, 7) is 3.07. The third-order valence-electron chi connectivity index (χ3n) is 6.95. The molecular formula is C30H29ClN4O5. The van der Waals surface area contributed by atoms with E-state index in [2.05, 4.69) is 27.5 Å². The van der Waals surface area contributed by atoms with Crippen molar-refractivity contribution in [1.82, 2.24) is 15.3 Å². The summed E-state index contributed by atoms with van der Waals surface area (Å²) >= 11 is 6.42. The highest BCUT2D eigenvalue weighted by Gasteiger charge is 2.23. The Morgan fingerprint density at radius 1 is 0.975 bits per heavy atom. The highest BCUT2D eigenvalue weighted by molar-refractivity contribution is 6.32. The van der Waals surface area contributed by atoms with Gasteiger partial charge in [-0.15, -0.1) is 0 Å². The van der Waals surface area contributed by atoms with Crippen LogP contribution in [0.1, 0.15) is 19.8 Å². The van der Waals surface area contributed by atoms with E-state index in [0.717, 1.165) is 36.0 Å². The number of fused-ring (bicyclic) bond motifs is 2. The number of aromatic nitrogens is 2. The van der Waals surface area contributed by atoms with Crippen LogP contribution in [0.5, 0.6) is 28.7 Å². The van der Waals surface area contributed by atoms with Crippen molar-refractivity contribution in [2.24, 2.45) is 0 Å². The number of ether oxygens (including phenoxy) is 4. The fourth-order valence-electron chi connectivity index (χ4n) is 4.88. The Labute approximate surface area is 236 Å². The van der Waals surface area contributed by atoms with Gasteiger partial charge in [-0.1, -0.05) is 11.6 Å². The van der Waals surface area contributed by atoms with E-state index in [-0.39, 0.29) is 6.10 Å². The molecule has 6 rings (SSSR count). The Kier molecular flexibility index (Phi) is 7.23. The van der Waals surface area contributed by atoms with Crippen LogP contribution in [0.15, 0.2) is 65.2 Å². The summed E-state index contributed by atoms with van der Waals surface area (Å²) in [6.07, 6.45) is 3.93. The first-order valence-corrected chi connectivity index (χ1v) is 13.4. The molecule has 0 aliphatic carbocycles. The van der Waals surface area contributed by atoms with Crippen LogP contribution in [-0.2, 0) is 0 Å². The van der Waals surface area contributed by atoms with Crippen molar-refractivity contribution in [3.8, 4) is 28.7 Å². The van der Waals surface area contributed by atoms with E-state index >= 15 is 0 Å². The van der Waals surface area contributed by atoms with Crippen LogP contribution in [0, 0.1) is 0 Å². The lowest BCUT2D eigenvalue weighted by Gasteiger charge is -2.22. The highest BCUT2D eigenvalue weighted by atomic mass is 35.5. The molecule has 9 nitrogen and oxygen atoms in total. The Morgan fingerprint density at radius 2 is 1.82 bits per heavy atom. The quantitative estimate of drug-likeness (QED) is 0.195. The molecule has 10 heteroatoms. The van der Waals surface area contributed by atoms with Gasteiger partial charge in [-0.2, -0.15) is 4.98 Å². The van der Waals surface area contributed by atoms with Crippen LogP contribution < -0.4 is 29.6 Å². The maximum absolute atomic E-state index is 6.42. The minimum atomic E-state index is -0.00127. The Hall–Kier alpha value is -4.21. The number of hydrogen-bond acceptors (Lipinski definition) is 9. The lowest BCUT2D eigenvalue weighted by Crippen LogP contribution is -2.36. The number of methoxy groups -OCH3 is 2. The molecule has 206 valence electrons. The smallest absolute Gasteiger partial charge is 0.300 e. The molecule has 1 saturated heterocycles. The van der Waals surface area contributed by atoms with Crippen LogP contribution in [0.3, 0.4) is 0 Å². The first kappa shape index (κ1) is 26.0. The molecule has 0 spiro atoms. The van der Waals surface area contributed by atoms with Crippen molar-refractivity contribution < 1.29 is 23.4 Å². The van der Waals surface area contributed by atoms with Crippen LogP contribution in [0.2, 0.25) is 5.02 Å². The summed E-state index contributed by atoms with van der Waals surface area (Å²) in [5.41, 5.74) is 2.74. The van der Waals surface area contributed by atoms with Crippen molar-refractivity contribution in [3.05, 3.63) is 65.8 Å². The molecule has 40 heavy (non-hydrogen) atoms. The summed E-state index contributed by atoms with van der Waals surface area (Å²) in [5.74, 6) is 3.03. The predicted octanol–water partition coefficient (Wildman–Crippen LogP) is 7.10. The van der Waals surface area contributed by atoms with Gasteiger partial charge in [0, 0.05) is 41.5 Å². The minimum absolute atomic E-state index is 0.00127. The van der Waals surface area contributed by atoms with Crippen LogP contribution in [-0.4, -0.2) is 42.9 Å². The number of anilines is 2. The van der Waals surface area contributed by atoms with Crippen molar-refractivity contribution in [1.29, 1.82) is 0 Å². The van der Waals surface area contributed by atoms with Crippen LogP contribution in [0.4, 0.5) is 11.7 Å². The molecule has 1 aliphatic heterocycles. The summed E-state index contributed by atoms with van der Waals surface area (Å²) in [7, 11) is 3.19. The normalized spacial score (nSPS) is 15.8. The molecule has 0 bridgehead atoms. The maximum atomic E-state index is 6.42. The zero-order chi connectivity index (χ0) is 27.6. The summed E-state index contributed by atoms with van der Waals surface area (Å²) in [6, 6.07) is 17.1. The molecule has 2 unspecified atom stereocenters. The number of nitrogens with zero attached hydrogens (tertiary/aromatic N) is 2. The molecule has 2 aromatic heterocycles. The van der Waals surface area contributed by atoms with Gasteiger partial charge >= 0.3 is 0 Å². The maximum Gasteiger partial charge on any atom is 0.300 e. The van der Waals surface area contributed by atoms with Crippen molar-refractivity contribution in [3.63, 3.8) is 0 Å². The average Bonchev–Trinajstić information content (AvgIpc) is 3.64. The van der Waals surface area contributed by atoms with Gasteiger partial charge in [-0.25, -0.2) is 0 Å². The summed E-state index contributed by atoms with van der Waals surface area (Å²) in [4.78, 5) is 9.04. The fraction of sp³-hybridized carbons (Fsp3) is 0.267. The third-order valence-corrected chi connectivity index (χ3v) is 7.27. The lowest BCUT2D eigenvalue weighted by atomic mass is 10.1. The number of nitrogens with one attached hydrogen (secondary N) is 2. The molecule has 2 N–H and O–H groups in total. The molecule has 5 aromatic rings. The number of hydrogen-bond donors (Lipinski definition) is 2. The van der Waals surface area contributed by atoms with Gasteiger partial charge in [0.05, 0.1) is 24.8 Å². The minimum Gasteiger partial charge on any atom is -0.493 e. The van der Waals surface area contributed by atoms with E-state index in [1.807, 2.05) is 42.5 Å². The topological polar surface area (TPSA) is 99.9 Å². The van der Waals surface area contributed by atoms with E-state index in [0.29, 0.717) is 56.9 Å². The molecule has 0 saturated carbocycles. The van der Waals surface area contributed by atoms with Gasteiger partial charge in [-0.3, -0.25) is 4.98 Å². The van der Waals surface area contributed by atoms with E-state index in [9.17, 15) is 0 Å². The van der Waals surface area contributed by atoms with E-state index in [1.165, 1.54) is 0 Å². The Balaban J connectivity index is 1.21. The van der Waals surface area contributed by atoms with Crippen LogP contribution in [0.25, 0.3) is 22.0 Å². The Morgan fingerprint density at radius 3 is 2.62 bits per heavy atom. The van der Waals surface area contributed by atoms with E-state index in [4.69, 9.17) is 35.0 Å². The second kappa shape index (κ2) is 11.1. The average molecular weight is 561 g/mol. The number of oxazole rings is 1. The Bertz CT molecular complexity index is 1670. The summed E-state index contributed by atoms with van der Waals surface area (Å²) in [5, 5.41) is 8.03. The zero-order valence-electron chi connectivity index (χ0n) is 22.4. The second-order valence-electron chi connectivity index (χ2n) is 9.58. The molecule has 3 heterocycles. The van der Waals surface area contributed by atoms with Crippen molar-refractivity contribution in [2.45, 2.75) is 31.9 Å². The number of rotatable bonds is 9. The number of benzene rings is 3. The zero-order valence-corrected chi connectivity index (χ0v) is 23.1. The van der Waals surface area contributed by atoms with Gasteiger partial charge < -0.3 is 34.0 Å².